The van der Waals surface area contributed by atoms with Crippen LogP contribution in [0, 0.1) is 0 Å². The number of nitrogens with one attached hydrogen (secondary N) is 1. The van der Waals surface area contributed by atoms with Crippen LogP contribution in [0.1, 0.15) is 37.4 Å². The van der Waals surface area contributed by atoms with Gasteiger partial charge in [-0.05, 0) is 49.3 Å². The summed E-state index contributed by atoms with van der Waals surface area (Å²) in [5.74, 6) is 2.83. The standard InChI is InChI=1S/C18H23N3O2S/c22-17(18(23)7-10-24-11-8-18)21-9-3-4-13(12-21)16-19-14-5-1-2-6-15(14)20-16/h1-2,5-6,13,23H,3-4,7-12H2,(H,19,20)/t13-/m0/s1. The van der Waals surface area contributed by atoms with Gasteiger partial charge >= 0.3 is 0 Å². The first kappa shape index (κ1) is 16.0. The Labute approximate surface area is 145 Å². The van der Waals surface area contributed by atoms with E-state index in [1.54, 1.807) is 0 Å². The zero-order chi connectivity index (χ0) is 16.6. The van der Waals surface area contributed by atoms with Gasteiger partial charge in [0.1, 0.15) is 11.4 Å². The van der Waals surface area contributed by atoms with E-state index in [4.69, 9.17) is 4.98 Å². The van der Waals surface area contributed by atoms with Crippen molar-refractivity contribution in [1.29, 1.82) is 0 Å². The minimum atomic E-state index is -1.15. The van der Waals surface area contributed by atoms with Gasteiger partial charge in [-0.1, -0.05) is 12.1 Å². The number of benzene rings is 1. The smallest absolute Gasteiger partial charge is 0.254 e. The lowest BCUT2D eigenvalue weighted by molar-refractivity contribution is -0.153. The number of carbonyl (C=O) groups excluding carboxylic acids is 1. The van der Waals surface area contributed by atoms with E-state index in [1.807, 2.05) is 40.9 Å². The number of hydrogen-bond donors (Lipinski definition) is 2. The minimum absolute atomic E-state index is 0.0800. The molecule has 1 amide bonds. The normalized spacial score (nSPS) is 24.2. The predicted octanol–water partition coefficient (Wildman–Crippen LogP) is 2.53. The zero-order valence-electron chi connectivity index (χ0n) is 13.7. The Morgan fingerprint density at radius 2 is 2.12 bits per heavy atom. The van der Waals surface area contributed by atoms with E-state index < -0.39 is 5.60 Å². The molecule has 0 aliphatic carbocycles. The molecule has 2 fully saturated rings. The average molecular weight is 345 g/mol. The van der Waals surface area contributed by atoms with Gasteiger partial charge in [0.05, 0.1) is 11.0 Å². The highest BCUT2D eigenvalue weighted by atomic mass is 32.2. The Balaban J connectivity index is 1.51. The lowest BCUT2D eigenvalue weighted by atomic mass is 9.91. The molecule has 0 radical (unpaired) electrons. The van der Waals surface area contributed by atoms with Crippen LogP contribution in [0.4, 0.5) is 0 Å². The van der Waals surface area contributed by atoms with Crippen molar-refractivity contribution in [3.63, 3.8) is 0 Å². The molecule has 0 bridgehead atoms. The van der Waals surface area contributed by atoms with Crippen molar-refractivity contribution in [3.05, 3.63) is 30.1 Å². The highest BCUT2D eigenvalue weighted by Crippen LogP contribution is 2.32. The lowest BCUT2D eigenvalue weighted by Gasteiger charge is -2.39. The number of aromatic nitrogens is 2. The summed E-state index contributed by atoms with van der Waals surface area (Å²) in [6.45, 7) is 1.39. The summed E-state index contributed by atoms with van der Waals surface area (Å²) in [5.41, 5.74) is 0.860. The largest absolute Gasteiger partial charge is 0.380 e. The van der Waals surface area contributed by atoms with Gasteiger partial charge in [0.2, 0.25) is 0 Å². The first-order chi connectivity index (χ1) is 11.7. The van der Waals surface area contributed by atoms with Crippen molar-refractivity contribution in [1.82, 2.24) is 14.9 Å². The van der Waals surface area contributed by atoms with Gasteiger partial charge in [-0.3, -0.25) is 4.79 Å². The molecule has 4 rings (SSSR count). The molecule has 2 aliphatic heterocycles. The Kier molecular flexibility index (Phi) is 4.26. The molecule has 2 aromatic rings. The maximum absolute atomic E-state index is 12.9. The fourth-order valence-electron chi connectivity index (χ4n) is 3.77. The van der Waals surface area contributed by atoms with Crippen molar-refractivity contribution in [2.75, 3.05) is 24.6 Å². The van der Waals surface area contributed by atoms with Crippen molar-refractivity contribution in [2.24, 2.45) is 0 Å². The van der Waals surface area contributed by atoms with Gasteiger partial charge in [0.15, 0.2) is 0 Å². The van der Waals surface area contributed by atoms with Crippen LogP contribution in [0.2, 0.25) is 0 Å². The average Bonchev–Trinajstić information content (AvgIpc) is 3.06. The Morgan fingerprint density at radius 3 is 2.92 bits per heavy atom. The van der Waals surface area contributed by atoms with Crippen LogP contribution >= 0.6 is 11.8 Å². The number of aliphatic hydroxyl groups is 1. The number of thioether (sulfide) groups is 1. The quantitative estimate of drug-likeness (QED) is 0.877. The van der Waals surface area contributed by atoms with Crippen LogP contribution in [0.5, 0.6) is 0 Å². The van der Waals surface area contributed by atoms with E-state index in [0.717, 1.165) is 47.7 Å². The molecule has 0 unspecified atom stereocenters. The highest BCUT2D eigenvalue weighted by Gasteiger charge is 2.41. The van der Waals surface area contributed by atoms with Gasteiger partial charge in [0.25, 0.3) is 5.91 Å². The Hall–Kier alpha value is -1.53. The Morgan fingerprint density at radius 1 is 1.33 bits per heavy atom. The van der Waals surface area contributed by atoms with Gasteiger partial charge in [-0.2, -0.15) is 11.8 Å². The molecule has 1 aromatic carbocycles. The molecule has 2 N–H and O–H groups in total. The number of fused-ring (bicyclic) bond motifs is 1. The first-order valence-corrected chi connectivity index (χ1v) is 9.85. The number of hydrogen-bond acceptors (Lipinski definition) is 4. The van der Waals surface area contributed by atoms with E-state index in [2.05, 4.69) is 4.98 Å². The number of amides is 1. The lowest BCUT2D eigenvalue weighted by Crippen LogP contribution is -2.53. The second-order valence-electron chi connectivity index (χ2n) is 6.87. The number of para-hydroxylation sites is 2. The van der Waals surface area contributed by atoms with Crippen LogP contribution in [-0.2, 0) is 4.79 Å². The molecule has 3 heterocycles. The van der Waals surface area contributed by atoms with Crippen LogP contribution in [0.15, 0.2) is 24.3 Å². The number of nitrogens with zero attached hydrogens (tertiary/aromatic N) is 2. The maximum atomic E-state index is 12.9. The summed E-state index contributed by atoms with van der Waals surface area (Å²) in [6, 6.07) is 8.02. The molecule has 128 valence electrons. The highest BCUT2D eigenvalue weighted by molar-refractivity contribution is 7.99. The van der Waals surface area contributed by atoms with E-state index in [-0.39, 0.29) is 11.8 Å². The van der Waals surface area contributed by atoms with Crippen molar-refractivity contribution >= 4 is 28.7 Å². The van der Waals surface area contributed by atoms with Crippen LogP contribution in [-0.4, -0.2) is 56.1 Å². The third-order valence-corrected chi connectivity index (χ3v) is 6.21. The third-order valence-electron chi connectivity index (χ3n) is 5.22. The third kappa shape index (κ3) is 2.93. The number of aromatic amines is 1. The molecule has 6 heteroatoms. The predicted molar refractivity (Wildman–Crippen MR) is 96.2 cm³/mol. The summed E-state index contributed by atoms with van der Waals surface area (Å²) >= 11 is 1.82. The maximum Gasteiger partial charge on any atom is 0.254 e. The summed E-state index contributed by atoms with van der Waals surface area (Å²) in [4.78, 5) is 22.8. The van der Waals surface area contributed by atoms with Gasteiger partial charge < -0.3 is 15.0 Å². The molecule has 0 saturated carbocycles. The Bertz CT molecular complexity index is 706. The van der Waals surface area contributed by atoms with Gasteiger partial charge in [0, 0.05) is 19.0 Å². The number of H-pyrrole nitrogens is 1. The molecule has 2 aliphatic rings. The first-order valence-electron chi connectivity index (χ1n) is 8.70. The number of piperidine rings is 1. The fourth-order valence-corrected chi connectivity index (χ4v) is 4.94. The summed E-state index contributed by atoms with van der Waals surface area (Å²) in [6.07, 6.45) is 3.13. The van der Waals surface area contributed by atoms with Crippen molar-refractivity contribution in [3.8, 4) is 0 Å². The van der Waals surface area contributed by atoms with E-state index in [9.17, 15) is 9.90 Å². The van der Waals surface area contributed by atoms with E-state index in [0.29, 0.717) is 19.4 Å². The monoisotopic (exact) mass is 345 g/mol. The second-order valence-corrected chi connectivity index (χ2v) is 8.10. The molecule has 0 spiro atoms. The zero-order valence-corrected chi connectivity index (χ0v) is 14.5. The van der Waals surface area contributed by atoms with Crippen molar-refractivity contribution in [2.45, 2.75) is 37.2 Å². The van der Waals surface area contributed by atoms with Crippen LogP contribution in [0.3, 0.4) is 0 Å². The van der Waals surface area contributed by atoms with Crippen LogP contribution in [0.25, 0.3) is 11.0 Å². The summed E-state index contributed by atoms with van der Waals surface area (Å²) in [5, 5.41) is 10.7. The molecule has 2 saturated heterocycles. The second kappa shape index (κ2) is 6.41. The van der Waals surface area contributed by atoms with E-state index >= 15 is 0 Å². The molecular weight excluding hydrogens is 322 g/mol. The molecule has 5 nitrogen and oxygen atoms in total. The topological polar surface area (TPSA) is 69.2 Å². The van der Waals surface area contributed by atoms with E-state index in [1.165, 1.54) is 0 Å². The van der Waals surface area contributed by atoms with Crippen LogP contribution < -0.4 is 0 Å². The SMILES string of the molecule is O=C(N1CCC[C@H](c2nc3ccccc3[nH]2)C1)C1(O)CCSCC1. The fraction of sp³-hybridized carbons (Fsp3) is 0.556. The molecular formula is C18H23N3O2S. The molecule has 1 atom stereocenters. The minimum Gasteiger partial charge on any atom is -0.380 e. The summed E-state index contributed by atoms with van der Waals surface area (Å²) in [7, 11) is 0. The van der Waals surface area contributed by atoms with Crippen molar-refractivity contribution < 1.29 is 9.90 Å². The summed E-state index contributed by atoms with van der Waals surface area (Å²) < 4.78 is 0. The number of likely N-dealkylation sites (tertiary alicyclic amines) is 1. The molecule has 1 aromatic heterocycles. The molecule has 24 heavy (non-hydrogen) atoms. The number of carbonyl (C=O) groups is 1. The van der Waals surface area contributed by atoms with Gasteiger partial charge in [-0.25, -0.2) is 4.98 Å². The number of imidazole rings is 1. The van der Waals surface area contributed by atoms with Gasteiger partial charge in [-0.15, -0.1) is 0 Å². The number of rotatable bonds is 2.